The zero-order valence-corrected chi connectivity index (χ0v) is 12.9. The summed E-state index contributed by atoms with van der Waals surface area (Å²) < 4.78 is 11.5. The summed E-state index contributed by atoms with van der Waals surface area (Å²) in [7, 11) is 0. The zero-order valence-electron chi connectivity index (χ0n) is 11.3. The number of carbonyl (C=O) groups is 1. The predicted molar refractivity (Wildman–Crippen MR) is 75.3 cm³/mol. The molecule has 0 bridgehead atoms. The van der Waals surface area contributed by atoms with Crippen molar-refractivity contribution in [2.24, 2.45) is 11.8 Å². The van der Waals surface area contributed by atoms with Gasteiger partial charge in [-0.25, -0.2) is 0 Å². The summed E-state index contributed by atoms with van der Waals surface area (Å²) in [5, 5.41) is 17.0. The van der Waals surface area contributed by atoms with E-state index < -0.39 is 5.97 Å². The molecule has 21 heavy (non-hydrogen) atoms. The molecule has 3 rings (SSSR count). The van der Waals surface area contributed by atoms with Crippen LogP contribution in [0.3, 0.4) is 0 Å². The van der Waals surface area contributed by atoms with Gasteiger partial charge in [-0.2, -0.15) is 0 Å². The monoisotopic (exact) mass is 355 g/mol. The summed E-state index contributed by atoms with van der Waals surface area (Å²) in [6.45, 7) is 3.60. The summed E-state index contributed by atoms with van der Waals surface area (Å²) in [6, 6.07) is 3.48. The van der Waals surface area contributed by atoms with Crippen molar-refractivity contribution in [2.45, 2.75) is 13.5 Å². The number of nitrogens with zero attached hydrogens (tertiary/aromatic N) is 3. The summed E-state index contributed by atoms with van der Waals surface area (Å²) in [5.41, 5.74) is 0. The Bertz CT molecular complexity index is 653. The van der Waals surface area contributed by atoms with E-state index in [0.29, 0.717) is 41.8 Å². The van der Waals surface area contributed by atoms with Crippen molar-refractivity contribution in [3.05, 3.63) is 22.7 Å². The second-order valence-electron chi connectivity index (χ2n) is 5.22. The Kier molecular flexibility index (Phi) is 3.81. The molecule has 0 aliphatic carbocycles. The van der Waals surface area contributed by atoms with Crippen molar-refractivity contribution < 1.29 is 18.7 Å². The minimum atomic E-state index is -0.753. The van der Waals surface area contributed by atoms with Crippen molar-refractivity contribution in [2.75, 3.05) is 13.1 Å². The van der Waals surface area contributed by atoms with E-state index in [9.17, 15) is 4.79 Å². The van der Waals surface area contributed by atoms with Gasteiger partial charge in [0.05, 0.1) is 12.5 Å². The number of hydrogen-bond donors (Lipinski definition) is 1. The molecule has 112 valence electrons. The highest BCUT2D eigenvalue weighted by Crippen LogP contribution is 2.26. The van der Waals surface area contributed by atoms with Crippen LogP contribution in [0, 0.1) is 11.8 Å². The first-order chi connectivity index (χ1) is 10.0. The van der Waals surface area contributed by atoms with Gasteiger partial charge in [0, 0.05) is 13.1 Å². The number of aliphatic carboxylic acids is 1. The van der Waals surface area contributed by atoms with Crippen LogP contribution in [0.4, 0.5) is 0 Å². The van der Waals surface area contributed by atoms with E-state index in [1.165, 1.54) is 0 Å². The third-order valence-electron chi connectivity index (χ3n) is 3.61. The highest BCUT2D eigenvalue weighted by Gasteiger charge is 2.35. The first-order valence-electron chi connectivity index (χ1n) is 6.56. The summed E-state index contributed by atoms with van der Waals surface area (Å²) in [5.74, 6) is 0.295. The fourth-order valence-electron chi connectivity index (χ4n) is 2.56. The molecular weight excluding hydrogens is 342 g/mol. The van der Waals surface area contributed by atoms with Gasteiger partial charge in [0.1, 0.15) is 0 Å². The standard InChI is InChI=1S/C13H14BrN3O4/c1-7-4-17(5-8(7)13(18)19)6-11-15-16-12(21-11)9-2-3-10(14)20-9/h2-3,7-8H,4-6H2,1H3,(H,18,19). The van der Waals surface area contributed by atoms with Gasteiger partial charge in [-0.05, 0) is 34.0 Å². The highest BCUT2D eigenvalue weighted by molar-refractivity contribution is 9.10. The molecule has 7 nitrogen and oxygen atoms in total. The van der Waals surface area contributed by atoms with Gasteiger partial charge in [0.2, 0.25) is 5.89 Å². The molecule has 1 aliphatic heterocycles. The number of rotatable bonds is 4. The van der Waals surface area contributed by atoms with E-state index in [-0.39, 0.29) is 11.8 Å². The average Bonchev–Trinajstić information content (AvgIpc) is 3.10. The van der Waals surface area contributed by atoms with Crippen molar-refractivity contribution in [3.63, 3.8) is 0 Å². The molecule has 2 atom stereocenters. The number of carboxylic acid groups (broad SMARTS) is 1. The van der Waals surface area contributed by atoms with E-state index in [1.807, 2.05) is 11.8 Å². The van der Waals surface area contributed by atoms with Crippen LogP contribution in [0.1, 0.15) is 12.8 Å². The lowest BCUT2D eigenvalue weighted by Crippen LogP contribution is -2.23. The summed E-state index contributed by atoms with van der Waals surface area (Å²) >= 11 is 3.21. The van der Waals surface area contributed by atoms with Gasteiger partial charge < -0.3 is 13.9 Å². The maximum atomic E-state index is 11.1. The summed E-state index contributed by atoms with van der Waals surface area (Å²) in [4.78, 5) is 13.1. The van der Waals surface area contributed by atoms with Gasteiger partial charge in [0.25, 0.3) is 5.89 Å². The molecule has 1 N–H and O–H groups in total. The third kappa shape index (κ3) is 3.01. The highest BCUT2D eigenvalue weighted by atomic mass is 79.9. The molecule has 2 aromatic heterocycles. The number of hydrogen-bond acceptors (Lipinski definition) is 6. The molecule has 0 aromatic carbocycles. The first kappa shape index (κ1) is 14.3. The van der Waals surface area contributed by atoms with E-state index >= 15 is 0 Å². The zero-order chi connectivity index (χ0) is 15.0. The molecule has 0 amide bonds. The second-order valence-corrected chi connectivity index (χ2v) is 6.00. The van der Waals surface area contributed by atoms with Crippen LogP contribution in [-0.4, -0.2) is 39.3 Å². The van der Waals surface area contributed by atoms with Gasteiger partial charge in [-0.3, -0.25) is 9.69 Å². The Labute approximate surface area is 129 Å². The number of carboxylic acids is 1. The lowest BCUT2D eigenvalue weighted by molar-refractivity contribution is -0.142. The molecular formula is C13H14BrN3O4. The molecule has 1 aliphatic rings. The number of halogens is 1. The first-order valence-corrected chi connectivity index (χ1v) is 7.35. The van der Waals surface area contributed by atoms with Gasteiger partial charge in [-0.1, -0.05) is 6.92 Å². The van der Waals surface area contributed by atoms with Crippen molar-refractivity contribution in [1.82, 2.24) is 15.1 Å². The Morgan fingerprint density at radius 1 is 1.43 bits per heavy atom. The number of furan rings is 1. The molecule has 0 spiro atoms. The van der Waals surface area contributed by atoms with E-state index in [0.717, 1.165) is 0 Å². The normalized spacial score (nSPS) is 22.8. The molecule has 2 aromatic rings. The quantitative estimate of drug-likeness (QED) is 0.898. The Morgan fingerprint density at radius 3 is 2.86 bits per heavy atom. The molecule has 0 saturated carbocycles. The molecule has 0 radical (unpaired) electrons. The van der Waals surface area contributed by atoms with E-state index in [4.69, 9.17) is 13.9 Å². The van der Waals surface area contributed by atoms with Gasteiger partial charge in [-0.15, -0.1) is 10.2 Å². The van der Waals surface area contributed by atoms with Crippen LogP contribution < -0.4 is 0 Å². The van der Waals surface area contributed by atoms with Gasteiger partial charge >= 0.3 is 5.97 Å². The maximum absolute atomic E-state index is 11.1. The Morgan fingerprint density at radius 2 is 2.24 bits per heavy atom. The molecule has 8 heteroatoms. The molecule has 1 saturated heterocycles. The van der Waals surface area contributed by atoms with Crippen LogP contribution >= 0.6 is 15.9 Å². The van der Waals surface area contributed by atoms with Crippen molar-refractivity contribution in [3.8, 4) is 11.7 Å². The Hall–Kier alpha value is -1.67. The van der Waals surface area contributed by atoms with Crippen LogP contribution in [0.15, 0.2) is 25.6 Å². The topological polar surface area (TPSA) is 92.6 Å². The van der Waals surface area contributed by atoms with Crippen molar-refractivity contribution in [1.29, 1.82) is 0 Å². The second kappa shape index (κ2) is 5.61. The largest absolute Gasteiger partial charge is 0.481 e. The lowest BCUT2D eigenvalue weighted by Gasteiger charge is -2.11. The fraction of sp³-hybridized carbons (Fsp3) is 0.462. The maximum Gasteiger partial charge on any atom is 0.308 e. The fourth-order valence-corrected chi connectivity index (χ4v) is 2.86. The van der Waals surface area contributed by atoms with Crippen LogP contribution in [-0.2, 0) is 11.3 Å². The average molecular weight is 356 g/mol. The molecule has 3 heterocycles. The van der Waals surface area contributed by atoms with Crippen LogP contribution in [0.25, 0.3) is 11.7 Å². The minimum absolute atomic E-state index is 0.117. The molecule has 2 unspecified atom stereocenters. The van der Waals surface area contributed by atoms with Crippen LogP contribution in [0.2, 0.25) is 0 Å². The molecule has 1 fully saturated rings. The third-order valence-corrected chi connectivity index (χ3v) is 4.04. The number of aromatic nitrogens is 2. The van der Waals surface area contributed by atoms with E-state index in [2.05, 4.69) is 26.1 Å². The van der Waals surface area contributed by atoms with Gasteiger partial charge in [0.15, 0.2) is 10.4 Å². The minimum Gasteiger partial charge on any atom is -0.481 e. The summed E-state index contributed by atoms with van der Waals surface area (Å²) in [6.07, 6.45) is 0. The predicted octanol–water partition coefficient (Wildman–Crippen LogP) is 2.24. The van der Waals surface area contributed by atoms with Crippen LogP contribution in [0.5, 0.6) is 0 Å². The smallest absolute Gasteiger partial charge is 0.308 e. The lowest BCUT2D eigenvalue weighted by atomic mass is 9.99. The van der Waals surface area contributed by atoms with Crippen molar-refractivity contribution >= 4 is 21.9 Å². The SMILES string of the molecule is CC1CN(Cc2nnc(-c3ccc(Br)o3)o2)CC1C(=O)O. The Balaban J connectivity index is 1.67. The number of likely N-dealkylation sites (tertiary alicyclic amines) is 1. The van der Waals surface area contributed by atoms with E-state index in [1.54, 1.807) is 12.1 Å².